The lowest BCUT2D eigenvalue weighted by Crippen LogP contribution is -2.28. The molecule has 0 aliphatic heterocycles. The standard InChI is InChI=1S/C13H19NO3/c1-13(2,12(15)16)8-11(14)9-5-4-6-10(7-9)17-3/h4-7,11H,8,14H2,1-3H3,(H,15,16). The van der Waals surface area contributed by atoms with E-state index in [9.17, 15) is 4.79 Å². The van der Waals surface area contributed by atoms with Crippen molar-refractivity contribution < 1.29 is 14.6 Å². The Morgan fingerprint density at radius 3 is 2.71 bits per heavy atom. The van der Waals surface area contributed by atoms with Gasteiger partial charge in [0.2, 0.25) is 0 Å². The number of ether oxygens (including phenoxy) is 1. The number of carboxylic acids is 1. The molecule has 3 N–H and O–H groups in total. The van der Waals surface area contributed by atoms with Crippen LogP contribution in [-0.2, 0) is 4.79 Å². The molecule has 1 rings (SSSR count). The van der Waals surface area contributed by atoms with Gasteiger partial charge in [-0.05, 0) is 38.0 Å². The van der Waals surface area contributed by atoms with Crippen LogP contribution < -0.4 is 10.5 Å². The normalized spacial score (nSPS) is 13.2. The van der Waals surface area contributed by atoms with Gasteiger partial charge in [0.15, 0.2) is 0 Å². The van der Waals surface area contributed by atoms with Crippen molar-refractivity contribution in [2.45, 2.75) is 26.3 Å². The molecule has 94 valence electrons. The lowest BCUT2D eigenvalue weighted by atomic mass is 9.84. The highest BCUT2D eigenvalue weighted by atomic mass is 16.5. The summed E-state index contributed by atoms with van der Waals surface area (Å²) in [5, 5.41) is 9.06. The van der Waals surface area contributed by atoms with Gasteiger partial charge in [0, 0.05) is 6.04 Å². The van der Waals surface area contributed by atoms with Crippen molar-refractivity contribution in [3.05, 3.63) is 29.8 Å². The first kappa shape index (κ1) is 13.5. The van der Waals surface area contributed by atoms with Crippen LogP contribution in [0, 0.1) is 5.41 Å². The molecule has 0 saturated heterocycles. The molecule has 0 amide bonds. The zero-order chi connectivity index (χ0) is 13.1. The number of aliphatic carboxylic acids is 1. The van der Waals surface area contributed by atoms with E-state index in [1.807, 2.05) is 24.3 Å². The predicted octanol–water partition coefficient (Wildman–Crippen LogP) is 2.20. The fraction of sp³-hybridized carbons (Fsp3) is 0.462. The van der Waals surface area contributed by atoms with Gasteiger partial charge >= 0.3 is 5.97 Å². The second kappa shape index (κ2) is 5.19. The Morgan fingerprint density at radius 1 is 1.53 bits per heavy atom. The molecule has 0 aliphatic rings. The molecule has 1 aromatic rings. The highest BCUT2D eigenvalue weighted by Gasteiger charge is 2.29. The Kier molecular flexibility index (Phi) is 4.12. The maximum absolute atomic E-state index is 11.0. The number of hydrogen-bond acceptors (Lipinski definition) is 3. The topological polar surface area (TPSA) is 72.5 Å². The SMILES string of the molecule is COc1cccc(C(N)CC(C)(C)C(=O)O)c1. The first-order valence-corrected chi connectivity index (χ1v) is 5.50. The molecule has 0 heterocycles. The second-order valence-electron chi connectivity index (χ2n) is 4.78. The summed E-state index contributed by atoms with van der Waals surface area (Å²) < 4.78 is 5.11. The summed E-state index contributed by atoms with van der Waals surface area (Å²) in [5.74, 6) is -0.109. The van der Waals surface area contributed by atoms with Gasteiger partial charge < -0.3 is 15.6 Å². The van der Waals surface area contributed by atoms with Crippen molar-refractivity contribution in [1.29, 1.82) is 0 Å². The van der Waals surface area contributed by atoms with Gasteiger partial charge in [0.1, 0.15) is 5.75 Å². The number of methoxy groups -OCH3 is 1. The summed E-state index contributed by atoms with van der Waals surface area (Å²) in [7, 11) is 1.59. The Labute approximate surface area is 101 Å². The van der Waals surface area contributed by atoms with E-state index >= 15 is 0 Å². The van der Waals surface area contributed by atoms with E-state index in [4.69, 9.17) is 15.6 Å². The van der Waals surface area contributed by atoms with E-state index in [0.717, 1.165) is 11.3 Å². The van der Waals surface area contributed by atoms with Crippen molar-refractivity contribution in [2.24, 2.45) is 11.1 Å². The minimum absolute atomic E-state index is 0.309. The number of nitrogens with two attached hydrogens (primary N) is 1. The zero-order valence-corrected chi connectivity index (χ0v) is 10.4. The molecule has 0 radical (unpaired) electrons. The molecular formula is C13H19NO3. The Bertz CT molecular complexity index is 401. The van der Waals surface area contributed by atoms with Crippen LogP contribution in [0.15, 0.2) is 24.3 Å². The number of carbonyl (C=O) groups is 1. The summed E-state index contributed by atoms with van der Waals surface area (Å²) in [5.41, 5.74) is 6.08. The first-order valence-electron chi connectivity index (χ1n) is 5.50. The molecule has 0 aliphatic carbocycles. The van der Waals surface area contributed by atoms with E-state index in [0.29, 0.717) is 6.42 Å². The van der Waals surface area contributed by atoms with Gasteiger partial charge in [0.05, 0.1) is 12.5 Å². The molecule has 1 unspecified atom stereocenters. The average Bonchev–Trinajstić information content (AvgIpc) is 2.28. The number of hydrogen-bond donors (Lipinski definition) is 2. The Balaban J connectivity index is 2.82. The van der Waals surface area contributed by atoms with Crippen molar-refractivity contribution in [3.63, 3.8) is 0 Å². The number of carboxylic acid groups (broad SMARTS) is 1. The predicted molar refractivity (Wildman–Crippen MR) is 66.0 cm³/mol. The molecule has 0 spiro atoms. The van der Waals surface area contributed by atoms with Crippen LogP contribution >= 0.6 is 0 Å². The Morgan fingerprint density at radius 2 is 2.18 bits per heavy atom. The third-order valence-electron chi connectivity index (χ3n) is 2.83. The molecule has 0 saturated carbocycles. The summed E-state index contributed by atoms with van der Waals surface area (Å²) >= 11 is 0. The first-order chi connectivity index (χ1) is 7.86. The third-order valence-corrected chi connectivity index (χ3v) is 2.83. The van der Waals surface area contributed by atoms with Crippen molar-refractivity contribution in [1.82, 2.24) is 0 Å². The highest BCUT2D eigenvalue weighted by Crippen LogP contribution is 2.29. The fourth-order valence-electron chi connectivity index (χ4n) is 1.63. The van der Waals surface area contributed by atoms with Gasteiger partial charge in [0.25, 0.3) is 0 Å². The second-order valence-corrected chi connectivity index (χ2v) is 4.78. The van der Waals surface area contributed by atoms with Crippen molar-refractivity contribution >= 4 is 5.97 Å². The average molecular weight is 237 g/mol. The molecule has 17 heavy (non-hydrogen) atoms. The molecule has 0 bridgehead atoms. The van der Waals surface area contributed by atoms with Crippen LogP contribution in [0.3, 0.4) is 0 Å². The summed E-state index contributed by atoms with van der Waals surface area (Å²) in [6.45, 7) is 3.35. The molecule has 0 fully saturated rings. The van der Waals surface area contributed by atoms with Gasteiger partial charge in [-0.1, -0.05) is 12.1 Å². The van der Waals surface area contributed by atoms with E-state index < -0.39 is 11.4 Å². The van der Waals surface area contributed by atoms with E-state index in [2.05, 4.69) is 0 Å². The maximum Gasteiger partial charge on any atom is 0.309 e. The van der Waals surface area contributed by atoms with Crippen LogP contribution in [0.5, 0.6) is 5.75 Å². The third kappa shape index (κ3) is 3.46. The van der Waals surface area contributed by atoms with Crippen LogP contribution in [0.1, 0.15) is 31.9 Å². The highest BCUT2D eigenvalue weighted by molar-refractivity contribution is 5.73. The summed E-state index contributed by atoms with van der Waals surface area (Å²) in [6, 6.07) is 7.09. The molecule has 4 nitrogen and oxygen atoms in total. The van der Waals surface area contributed by atoms with Crippen molar-refractivity contribution in [3.8, 4) is 5.75 Å². The fourth-order valence-corrected chi connectivity index (χ4v) is 1.63. The lowest BCUT2D eigenvalue weighted by Gasteiger charge is -2.23. The Hall–Kier alpha value is -1.55. The van der Waals surface area contributed by atoms with Gasteiger partial charge in [-0.2, -0.15) is 0 Å². The molecule has 1 aromatic carbocycles. The molecule has 1 atom stereocenters. The molecule has 4 heteroatoms. The lowest BCUT2D eigenvalue weighted by molar-refractivity contribution is -0.147. The minimum atomic E-state index is -0.837. The van der Waals surface area contributed by atoms with Crippen LogP contribution in [0.4, 0.5) is 0 Å². The number of benzene rings is 1. The van der Waals surface area contributed by atoms with Gasteiger partial charge in [-0.25, -0.2) is 0 Å². The van der Waals surface area contributed by atoms with E-state index in [-0.39, 0.29) is 6.04 Å². The van der Waals surface area contributed by atoms with Gasteiger partial charge in [-0.3, -0.25) is 4.79 Å². The monoisotopic (exact) mass is 237 g/mol. The van der Waals surface area contributed by atoms with Crippen molar-refractivity contribution in [2.75, 3.05) is 7.11 Å². The van der Waals surface area contributed by atoms with Crippen LogP contribution in [0.2, 0.25) is 0 Å². The van der Waals surface area contributed by atoms with E-state index in [1.54, 1.807) is 21.0 Å². The quantitative estimate of drug-likeness (QED) is 0.823. The molecular weight excluding hydrogens is 218 g/mol. The van der Waals surface area contributed by atoms with Crippen LogP contribution in [0.25, 0.3) is 0 Å². The molecule has 0 aromatic heterocycles. The smallest absolute Gasteiger partial charge is 0.309 e. The van der Waals surface area contributed by atoms with Crippen LogP contribution in [-0.4, -0.2) is 18.2 Å². The number of rotatable bonds is 5. The zero-order valence-electron chi connectivity index (χ0n) is 10.4. The maximum atomic E-state index is 11.0. The minimum Gasteiger partial charge on any atom is -0.497 e. The summed E-state index contributed by atoms with van der Waals surface area (Å²) in [6.07, 6.45) is 0.384. The largest absolute Gasteiger partial charge is 0.497 e. The van der Waals surface area contributed by atoms with Gasteiger partial charge in [-0.15, -0.1) is 0 Å². The van der Waals surface area contributed by atoms with E-state index in [1.165, 1.54) is 0 Å². The summed E-state index contributed by atoms with van der Waals surface area (Å²) in [4.78, 5) is 11.0.